The van der Waals surface area contributed by atoms with E-state index in [2.05, 4.69) is 20.1 Å². The molecule has 13 heteroatoms. The average Bonchev–Trinajstić information content (AvgIpc) is 2.96. The van der Waals surface area contributed by atoms with Crippen molar-refractivity contribution in [2.45, 2.75) is 44.0 Å². The molecule has 1 aliphatic carbocycles. The number of rotatable bonds is 7. The van der Waals surface area contributed by atoms with Gasteiger partial charge in [0.1, 0.15) is 22.3 Å². The number of nitro groups is 1. The lowest BCUT2D eigenvalue weighted by Crippen LogP contribution is -2.49. The van der Waals surface area contributed by atoms with Crippen LogP contribution >= 0.6 is 12.2 Å². The second-order valence-electron chi connectivity index (χ2n) is 10.3. The minimum absolute atomic E-state index is 0.0125. The van der Waals surface area contributed by atoms with Crippen LogP contribution in [0.3, 0.4) is 0 Å². The topological polar surface area (TPSA) is 83.8 Å². The van der Waals surface area contributed by atoms with Crippen LogP contribution in [0.15, 0.2) is 48.5 Å². The monoisotopic (exact) mass is 591 g/mol. The van der Waals surface area contributed by atoms with Crippen LogP contribution in [0.1, 0.15) is 31.2 Å². The van der Waals surface area contributed by atoms with E-state index >= 15 is 0 Å². The fourth-order valence-corrected chi connectivity index (χ4v) is 5.55. The number of benzene rings is 2. The minimum Gasteiger partial charge on any atom is -0.377 e. The molecule has 0 spiro atoms. The van der Waals surface area contributed by atoms with Gasteiger partial charge in [0, 0.05) is 43.7 Å². The summed E-state index contributed by atoms with van der Waals surface area (Å²) in [5.41, 5.74) is -0.805. The lowest BCUT2D eigenvalue weighted by molar-refractivity contribution is -0.384. The van der Waals surface area contributed by atoms with Gasteiger partial charge in [-0.3, -0.25) is 10.1 Å². The van der Waals surface area contributed by atoms with Gasteiger partial charge in [0.05, 0.1) is 28.7 Å². The molecule has 5 rings (SSSR count). The summed E-state index contributed by atoms with van der Waals surface area (Å²) in [6, 6.07) is 10.8. The average molecular weight is 592 g/mol. The van der Waals surface area contributed by atoms with Crippen LogP contribution in [-0.2, 0) is 10.9 Å². The molecule has 2 heterocycles. The van der Waals surface area contributed by atoms with Crippen molar-refractivity contribution in [3.8, 4) is 0 Å². The van der Waals surface area contributed by atoms with E-state index in [1.807, 2.05) is 12.1 Å². The number of nitrogens with one attached hydrogen (secondary N) is 1. The molecular formula is C28H29F4N5O3S. The van der Waals surface area contributed by atoms with Crippen molar-refractivity contribution in [3.63, 3.8) is 0 Å². The number of hydrogen-bond acceptors (Lipinski definition) is 7. The summed E-state index contributed by atoms with van der Waals surface area (Å²) in [7, 11) is 0. The Morgan fingerprint density at radius 3 is 2.46 bits per heavy atom. The van der Waals surface area contributed by atoms with E-state index in [-0.39, 0.29) is 23.7 Å². The lowest BCUT2D eigenvalue weighted by Gasteiger charge is -2.37. The molecule has 2 aliphatic rings. The van der Waals surface area contributed by atoms with Gasteiger partial charge in [-0.15, -0.1) is 0 Å². The molecular weight excluding hydrogens is 562 g/mol. The fraction of sp³-hybridized carbons (Fsp3) is 0.429. The van der Waals surface area contributed by atoms with Crippen LogP contribution in [0.25, 0.3) is 10.9 Å². The highest BCUT2D eigenvalue weighted by Crippen LogP contribution is 2.36. The minimum atomic E-state index is -4.65. The van der Waals surface area contributed by atoms with E-state index in [4.69, 9.17) is 17.0 Å². The molecule has 3 aromatic rings. The number of nitrogens with zero attached hydrogens (tertiary/aromatic N) is 4. The first-order valence-electron chi connectivity index (χ1n) is 13.4. The normalized spacial score (nSPS) is 19.8. The third-order valence-electron chi connectivity index (χ3n) is 7.59. The predicted molar refractivity (Wildman–Crippen MR) is 152 cm³/mol. The third kappa shape index (κ3) is 7.02. The van der Waals surface area contributed by atoms with Gasteiger partial charge in [-0.05, 0) is 68.1 Å². The number of piperazine rings is 1. The first-order chi connectivity index (χ1) is 19.6. The first-order valence-corrected chi connectivity index (χ1v) is 13.8. The molecule has 2 aromatic carbocycles. The Balaban J connectivity index is 1.06. The Labute approximate surface area is 239 Å². The van der Waals surface area contributed by atoms with Gasteiger partial charge in [-0.25, -0.2) is 9.37 Å². The molecule has 0 radical (unpaired) electrons. The van der Waals surface area contributed by atoms with Crippen molar-refractivity contribution in [3.05, 3.63) is 70.0 Å². The van der Waals surface area contributed by atoms with Crippen molar-refractivity contribution in [2.75, 3.05) is 43.0 Å². The first kappa shape index (κ1) is 28.9. The maximum absolute atomic E-state index is 13.5. The van der Waals surface area contributed by atoms with Gasteiger partial charge in [0.2, 0.25) is 0 Å². The second-order valence-corrected chi connectivity index (χ2v) is 10.8. The summed E-state index contributed by atoms with van der Waals surface area (Å²) < 4.78 is 58.5. The molecule has 41 heavy (non-hydrogen) atoms. The van der Waals surface area contributed by atoms with Crippen LogP contribution in [0.2, 0.25) is 0 Å². The summed E-state index contributed by atoms with van der Waals surface area (Å²) in [6.07, 6.45) is -1.91. The Hall–Kier alpha value is -3.58. The predicted octanol–water partition coefficient (Wildman–Crippen LogP) is 6.19. The number of ether oxygens (including phenoxy) is 1. The number of alkyl halides is 3. The van der Waals surface area contributed by atoms with Crippen molar-refractivity contribution in [2.24, 2.45) is 0 Å². The molecule has 1 N–H and O–H groups in total. The van der Waals surface area contributed by atoms with E-state index < -0.39 is 22.4 Å². The van der Waals surface area contributed by atoms with Gasteiger partial charge in [0.25, 0.3) is 5.69 Å². The molecule has 1 saturated carbocycles. The smallest absolute Gasteiger partial charge is 0.377 e. The van der Waals surface area contributed by atoms with Crippen molar-refractivity contribution < 1.29 is 27.2 Å². The fourth-order valence-electron chi connectivity index (χ4n) is 5.30. The Morgan fingerprint density at radius 2 is 1.78 bits per heavy atom. The van der Waals surface area contributed by atoms with Crippen molar-refractivity contribution in [1.82, 2.24) is 9.88 Å². The number of pyridine rings is 1. The van der Waals surface area contributed by atoms with Crippen molar-refractivity contribution in [1.29, 1.82) is 0 Å². The summed E-state index contributed by atoms with van der Waals surface area (Å²) in [4.78, 5) is 20.3. The SMILES string of the molecule is O=[N+]([O-])c1cc(C(F)(F)F)ccc1NC1CCC(OCC(=S)N2CCN(c3ccc4cc(F)ccc4n3)CC2)CC1. The molecule has 0 bridgehead atoms. The van der Waals surface area contributed by atoms with Crippen LogP contribution < -0.4 is 10.2 Å². The maximum atomic E-state index is 13.5. The van der Waals surface area contributed by atoms with E-state index in [0.717, 1.165) is 60.0 Å². The molecule has 0 amide bonds. The van der Waals surface area contributed by atoms with Crippen LogP contribution in [0.5, 0.6) is 0 Å². The Kier molecular flexibility index (Phi) is 8.55. The van der Waals surface area contributed by atoms with Gasteiger partial charge in [0.15, 0.2) is 0 Å². The molecule has 1 aromatic heterocycles. The van der Waals surface area contributed by atoms with E-state index in [0.29, 0.717) is 38.4 Å². The van der Waals surface area contributed by atoms with E-state index in [1.165, 1.54) is 12.1 Å². The third-order valence-corrected chi connectivity index (χ3v) is 7.97. The standard InChI is InChI=1S/C28H29F4N5O3S/c29-20-3-9-23-18(15-20)1-10-26(34-23)35-11-13-36(14-12-35)27(41)17-40-22-6-4-21(5-7-22)33-24-8-2-19(28(30,31)32)16-25(24)37(38)39/h1-3,8-10,15-16,21-22,33H,4-7,11-14,17H2. The molecule has 0 atom stereocenters. The van der Waals surface area contributed by atoms with Crippen LogP contribution in [0, 0.1) is 15.9 Å². The zero-order chi connectivity index (χ0) is 29.1. The van der Waals surface area contributed by atoms with Gasteiger partial charge < -0.3 is 19.9 Å². The quantitative estimate of drug-likeness (QED) is 0.151. The number of hydrogen-bond donors (Lipinski definition) is 1. The highest BCUT2D eigenvalue weighted by Gasteiger charge is 2.33. The number of aromatic nitrogens is 1. The number of nitro benzene ring substituents is 1. The Bertz CT molecular complexity index is 1420. The van der Waals surface area contributed by atoms with E-state index in [9.17, 15) is 27.7 Å². The van der Waals surface area contributed by atoms with Gasteiger partial charge >= 0.3 is 6.18 Å². The molecule has 1 aliphatic heterocycles. The molecule has 1 saturated heterocycles. The number of thiocarbonyl (C=S) groups is 1. The van der Waals surface area contributed by atoms with Crippen molar-refractivity contribution >= 4 is 45.3 Å². The summed E-state index contributed by atoms with van der Waals surface area (Å²) in [5.74, 6) is 0.559. The summed E-state index contributed by atoms with van der Waals surface area (Å²) in [6.45, 7) is 3.27. The van der Waals surface area contributed by atoms with Crippen LogP contribution in [-0.4, -0.2) is 64.7 Å². The zero-order valence-electron chi connectivity index (χ0n) is 22.1. The highest BCUT2D eigenvalue weighted by molar-refractivity contribution is 7.80. The molecule has 2 fully saturated rings. The van der Waals surface area contributed by atoms with E-state index in [1.54, 1.807) is 6.07 Å². The zero-order valence-corrected chi connectivity index (χ0v) is 22.9. The van der Waals surface area contributed by atoms with Gasteiger partial charge in [-0.1, -0.05) is 12.2 Å². The second kappa shape index (κ2) is 12.1. The number of fused-ring (bicyclic) bond motifs is 1. The number of anilines is 2. The summed E-state index contributed by atoms with van der Waals surface area (Å²) >= 11 is 5.63. The largest absolute Gasteiger partial charge is 0.416 e. The highest BCUT2D eigenvalue weighted by atomic mass is 32.1. The summed E-state index contributed by atoms with van der Waals surface area (Å²) in [5, 5.41) is 15.2. The lowest BCUT2D eigenvalue weighted by atomic mass is 9.92. The maximum Gasteiger partial charge on any atom is 0.416 e. The molecule has 8 nitrogen and oxygen atoms in total. The van der Waals surface area contributed by atoms with Gasteiger partial charge in [-0.2, -0.15) is 13.2 Å². The van der Waals surface area contributed by atoms with Crippen LogP contribution in [0.4, 0.5) is 34.8 Å². The number of halogens is 4. The Morgan fingerprint density at radius 1 is 1.05 bits per heavy atom. The molecule has 0 unspecified atom stereocenters. The molecule has 218 valence electrons.